The van der Waals surface area contributed by atoms with Crippen LogP contribution in [0.5, 0.6) is 0 Å². The summed E-state index contributed by atoms with van der Waals surface area (Å²) in [6, 6.07) is 5.61. The monoisotopic (exact) mass is 294 g/mol. The molecule has 0 aromatic carbocycles. The Kier molecular flexibility index (Phi) is 2.85. The minimum atomic E-state index is 0.0388. The van der Waals surface area contributed by atoms with Crippen molar-refractivity contribution >= 4 is 22.6 Å². The van der Waals surface area contributed by atoms with Gasteiger partial charge in [-0.1, -0.05) is 5.21 Å². The van der Waals surface area contributed by atoms with E-state index in [9.17, 15) is 4.79 Å². The molecule has 0 atom stereocenters. The van der Waals surface area contributed by atoms with Gasteiger partial charge in [0, 0.05) is 30.6 Å². The van der Waals surface area contributed by atoms with E-state index in [0.717, 1.165) is 29.4 Å². The molecule has 0 aliphatic heterocycles. The van der Waals surface area contributed by atoms with Crippen molar-refractivity contribution in [2.75, 3.05) is 5.32 Å². The second-order valence-corrected chi connectivity index (χ2v) is 5.50. The molecule has 1 aliphatic rings. The van der Waals surface area contributed by atoms with Crippen LogP contribution in [0, 0.1) is 5.92 Å². The molecular formula is C15H14N6O. The fourth-order valence-electron chi connectivity index (χ4n) is 2.27. The van der Waals surface area contributed by atoms with Crippen molar-refractivity contribution in [1.82, 2.24) is 25.0 Å². The predicted molar refractivity (Wildman–Crippen MR) is 80.9 cm³/mol. The number of amides is 1. The Morgan fingerprint density at radius 1 is 1.32 bits per heavy atom. The predicted octanol–water partition coefficient (Wildman–Crippen LogP) is 1.77. The number of anilines is 1. The van der Waals surface area contributed by atoms with E-state index in [1.807, 2.05) is 25.4 Å². The van der Waals surface area contributed by atoms with Crippen LogP contribution < -0.4 is 5.32 Å². The molecule has 110 valence electrons. The highest BCUT2D eigenvalue weighted by Crippen LogP contribution is 2.30. The fourth-order valence-corrected chi connectivity index (χ4v) is 2.27. The van der Waals surface area contributed by atoms with Crippen LogP contribution in [-0.4, -0.2) is 30.9 Å². The summed E-state index contributed by atoms with van der Waals surface area (Å²) in [6.45, 7) is 0. The summed E-state index contributed by atoms with van der Waals surface area (Å²) in [7, 11) is 1.81. The fraction of sp³-hybridized carbons (Fsp3) is 0.267. The number of hydrogen-bond acceptors (Lipinski definition) is 5. The van der Waals surface area contributed by atoms with Crippen molar-refractivity contribution in [1.29, 1.82) is 0 Å². The van der Waals surface area contributed by atoms with Gasteiger partial charge in [-0.2, -0.15) is 0 Å². The van der Waals surface area contributed by atoms with Crippen molar-refractivity contribution in [3.63, 3.8) is 0 Å². The molecule has 1 N–H and O–H groups in total. The zero-order chi connectivity index (χ0) is 15.1. The maximum atomic E-state index is 11.8. The van der Waals surface area contributed by atoms with E-state index in [1.165, 1.54) is 0 Å². The van der Waals surface area contributed by atoms with Gasteiger partial charge < -0.3 is 5.32 Å². The minimum Gasteiger partial charge on any atom is -0.310 e. The number of pyridine rings is 2. The Morgan fingerprint density at radius 3 is 2.91 bits per heavy atom. The van der Waals surface area contributed by atoms with Gasteiger partial charge in [-0.3, -0.25) is 9.48 Å². The SMILES string of the molecule is Cn1cc(-c2ccc3cnc(NC(=O)C4CC4)cc3n2)nn1. The number of nitrogens with zero attached hydrogens (tertiary/aromatic N) is 5. The Balaban J connectivity index is 1.69. The van der Waals surface area contributed by atoms with E-state index in [0.29, 0.717) is 11.5 Å². The highest BCUT2D eigenvalue weighted by atomic mass is 16.2. The van der Waals surface area contributed by atoms with Crippen molar-refractivity contribution in [2.24, 2.45) is 13.0 Å². The number of nitrogens with one attached hydrogen (secondary N) is 1. The molecule has 3 heterocycles. The van der Waals surface area contributed by atoms with Gasteiger partial charge in [0.2, 0.25) is 5.91 Å². The topological polar surface area (TPSA) is 85.6 Å². The van der Waals surface area contributed by atoms with Crippen LogP contribution in [0.25, 0.3) is 22.3 Å². The van der Waals surface area contributed by atoms with Gasteiger partial charge in [-0.05, 0) is 25.0 Å². The maximum Gasteiger partial charge on any atom is 0.228 e. The molecule has 0 radical (unpaired) electrons. The van der Waals surface area contributed by atoms with Crippen LogP contribution >= 0.6 is 0 Å². The lowest BCUT2D eigenvalue weighted by atomic mass is 10.2. The van der Waals surface area contributed by atoms with Crippen molar-refractivity contribution in [2.45, 2.75) is 12.8 Å². The van der Waals surface area contributed by atoms with E-state index in [-0.39, 0.29) is 11.8 Å². The number of aromatic nitrogens is 5. The van der Waals surface area contributed by atoms with E-state index in [1.54, 1.807) is 16.9 Å². The number of hydrogen-bond donors (Lipinski definition) is 1. The van der Waals surface area contributed by atoms with Crippen LogP contribution in [-0.2, 0) is 11.8 Å². The normalized spacial score (nSPS) is 14.2. The van der Waals surface area contributed by atoms with Crippen LogP contribution in [0.4, 0.5) is 5.82 Å². The first-order chi connectivity index (χ1) is 10.7. The molecule has 1 saturated carbocycles. The minimum absolute atomic E-state index is 0.0388. The van der Waals surface area contributed by atoms with Crippen LogP contribution in [0.1, 0.15) is 12.8 Å². The zero-order valence-corrected chi connectivity index (χ0v) is 12.0. The molecule has 0 saturated heterocycles. The highest BCUT2D eigenvalue weighted by molar-refractivity contribution is 5.94. The third-order valence-electron chi connectivity index (χ3n) is 3.64. The quantitative estimate of drug-likeness (QED) is 0.795. The lowest BCUT2D eigenvalue weighted by Gasteiger charge is -2.05. The van der Waals surface area contributed by atoms with Gasteiger partial charge in [-0.25, -0.2) is 9.97 Å². The summed E-state index contributed by atoms with van der Waals surface area (Å²) in [5.74, 6) is 0.724. The smallest absolute Gasteiger partial charge is 0.228 e. The van der Waals surface area contributed by atoms with Crippen LogP contribution in [0.3, 0.4) is 0 Å². The Hall–Kier alpha value is -2.83. The van der Waals surface area contributed by atoms with E-state index >= 15 is 0 Å². The van der Waals surface area contributed by atoms with Gasteiger partial charge in [-0.15, -0.1) is 5.10 Å². The van der Waals surface area contributed by atoms with Crippen molar-refractivity contribution in [3.05, 3.63) is 30.6 Å². The summed E-state index contributed by atoms with van der Waals surface area (Å²) < 4.78 is 1.63. The molecule has 3 aromatic heterocycles. The van der Waals surface area contributed by atoms with E-state index < -0.39 is 0 Å². The van der Waals surface area contributed by atoms with Crippen molar-refractivity contribution in [3.8, 4) is 11.4 Å². The molecular weight excluding hydrogens is 280 g/mol. The molecule has 4 rings (SSSR count). The first kappa shape index (κ1) is 12.9. The number of aryl methyl sites for hydroxylation is 1. The molecule has 7 nitrogen and oxygen atoms in total. The summed E-state index contributed by atoms with van der Waals surface area (Å²) in [5, 5.41) is 11.7. The molecule has 1 amide bonds. The second-order valence-electron chi connectivity index (χ2n) is 5.50. The molecule has 0 unspecified atom stereocenters. The van der Waals surface area contributed by atoms with Gasteiger partial charge in [0.05, 0.1) is 17.4 Å². The standard InChI is InChI=1S/C15H14N6O/c1-21-8-13(19-20-21)11-5-4-10-7-16-14(6-12(10)17-11)18-15(22)9-2-3-9/h4-9H,2-3H2,1H3,(H,16,18,22). The number of carbonyl (C=O) groups is 1. The van der Waals surface area contributed by atoms with Gasteiger partial charge >= 0.3 is 0 Å². The van der Waals surface area contributed by atoms with Gasteiger partial charge in [0.1, 0.15) is 11.5 Å². The second kappa shape index (κ2) is 4.87. The molecule has 1 fully saturated rings. The molecule has 22 heavy (non-hydrogen) atoms. The molecule has 0 spiro atoms. The van der Waals surface area contributed by atoms with Crippen molar-refractivity contribution < 1.29 is 4.79 Å². The van der Waals surface area contributed by atoms with E-state index in [2.05, 4.69) is 25.6 Å². The van der Waals surface area contributed by atoms with E-state index in [4.69, 9.17) is 0 Å². The highest BCUT2D eigenvalue weighted by Gasteiger charge is 2.29. The number of rotatable bonds is 3. The third kappa shape index (κ3) is 2.41. The summed E-state index contributed by atoms with van der Waals surface area (Å²) in [4.78, 5) is 20.6. The van der Waals surface area contributed by atoms with Gasteiger partial charge in [0.25, 0.3) is 0 Å². The van der Waals surface area contributed by atoms with Crippen LogP contribution in [0.15, 0.2) is 30.6 Å². The molecule has 7 heteroatoms. The summed E-state index contributed by atoms with van der Waals surface area (Å²) in [5.41, 5.74) is 2.22. The Morgan fingerprint density at radius 2 is 2.18 bits per heavy atom. The molecule has 0 bridgehead atoms. The Bertz CT molecular complexity index is 867. The summed E-state index contributed by atoms with van der Waals surface area (Å²) in [6.07, 6.45) is 5.46. The first-order valence-electron chi connectivity index (χ1n) is 7.13. The Labute approximate surface area is 126 Å². The maximum absolute atomic E-state index is 11.8. The number of fused-ring (bicyclic) bond motifs is 1. The lowest BCUT2D eigenvalue weighted by molar-refractivity contribution is -0.117. The molecule has 3 aromatic rings. The first-order valence-corrected chi connectivity index (χ1v) is 7.13. The van der Waals surface area contributed by atoms with Gasteiger partial charge in [0.15, 0.2) is 0 Å². The lowest BCUT2D eigenvalue weighted by Crippen LogP contribution is -2.14. The average Bonchev–Trinajstić information content (AvgIpc) is 3.28. The average molecular weight is 294 g/mol. The third-order valence-corrected chi connectivity index (χ3v) is 3.64. The number of carbonyl (C=O) groups excluding carboxylic acids is 1. The molecule has 1 aliphatic carbocycles. The van der Waals surface area contributed by atoms with Crippen LogP contribution in [0.2, 0.25) is 0 Å². The largest absolute Gasteiger partial charge is 0.310 e. The zero-order valence-electron chi connectivity index (χ0n) is 12.0. The summed E-state index contributed by atoms with van der Waals surface area (Å²) >= 11 is 0.